The lowest BCUT2D eigenvalue weighted by Crippen LogP contribution is -2.55. The normalized spacial score (nSPS) is 24.6. The van der Waals surface area contributed by atoms with Gasteiger partial charge in [0.2, 0.25) is 0 Å². The number of hydrogen-bond donors (Lipinski definition) is 0. The van der Waals surface area contributed by atoms with Crippen molar-refractivity contribution in [3.8, 4) is 0 Å². The van der Waals surface area contributed by atoms with Gasteiger partial charge in [-0.15, -0.1) is 0 Å². The quantitative estimate of drug-likeness (QED) is 0.646. The molecule has 0 saturated carbocycles. The molecule has 3 nitrogen and oxygen atoms in total. The third-order valence-corrected chi connectivity index (χ3v) is 6.90. The lowest BCUT2D eigenvalue weighted by atomic mass is 9.78. The van der Waals surface area contributed by atoms with Crippen molar-refractivity contribution in [2.45, 2.75) is 52.8 Å². The maximum absolute atomic E-state index is 6.26. The second-order valence-electron chi connectivity index (χ2n) is 4.89. The minimum atomic E-state index is -1.95. The van der Waals surface area contributed by atoms with Crippen molar-refractivity contribution in [2.75, 3.05) is 19.8 Å². The van der Waals surface area contributed by atoms with Crippen molar-refractivity contribution in [1.29, 1.82) is 0 Å². The highest BCUT2D eigenvalue weighted by atomic mass is 28.4. The Morgan fingerprint density at radius 3 is 2.25 bits per heavy atom. The summed E-state index contributed by atoms with van der Waals surface area (Å²) in [5, 5.41) is 0. The average Bonchev–Trinajstić information content (AvgIpc) is 2.17. The SMILES string of the molecule is CCO[Si](C)(CC)OC(C)C1(CC)COC1. The Morgan fingerprint density at radius 2 is 1.94 bits per heavy atom. The molecule has 4 heteroatoms. The third-order valence-electron chi connectivity index (χ3n) is 3.86. The maximum Gasteiger partial charge on any atom is 0.334 e. The molecule has 0 aromatic rings. The molecule has 0 aromatic carbocycles. The van der Waals surface area contributed by atoms with Gasteiger partial charge in [0, 0.05) is 12.0 Å². The molecule has 96 valence electrons. The minimum absolute atomic E-state index is 0.237. The van der Waals surface area contributed by atoms with Crippen molar-refractivity contribution < 1.29 is 13.6 Å². The number of ether oxygens (including phenoxy) is 1. The van der Waals surface area contributed by atoms with Crippen molar-refractivity contribution >= 4 is 8.56 Å². The smallest absolute Gasteiger partial charge is 0.334 e. The molecule has 0 spiro atoms. The van der Waals surface area contributed by atoms with Crippen molar-refractivity contribution in [3.05, 3.63) is 0 Å². The third kappa shape index (κ3) is 2.86. The van der Waals surface area contributed by atoms with Crippen LogP contribution in [-0.2, 0) is 13.6 Å². The van der Waals surface area contributed by atoms with Crippen LogP contribution in [0.2, 0.25) is 12.6 Å². The molecule has 0 amide bonds. The molecular weight excluding hydrogens is 220 g/mol. The molecule has 0 N–H and O–H groups in total. The average molecular weight is 246 g/mol. The zero-order valence-corrected chi connectivity index (χ0v) is 12.3. The van der Waals surface area contributed by atoms with Crippen LogP contribution in [0.25, 0.3) is 0 Å². The zero-order valence-electron chi connectivity index (χ0n) is 11.3. The molecule has 1 aliphatic rings. The summed E-state index contributed by atoms with van der Waals surface area (Å²) >= 11 is 0. The van der Waals surface area contributed by atoms with Gasteiger partial charge in [-0.3, -0.25) is 0 Å². The van der Waals surface area contributed by atoms with E-state index in [0.717, 1.165) is 32.3 Å². The van der Waals surface area contributed by atoms with Gasteiger partial charge in [-0.2, -0.15) is 0 Å². The van der Waals surface area contributed by atoms with Crippen LogP contribution in [0, 0.1) is 5.41 Å². The molecule has 2 atom stereocenters. The first-order valence-electron chi connectivity index (χ1n) is 6.41. The van der Waals surface area contributed by atoms with Gasteiger partial charge in [-0.1, -0.05) is 13.8 Å². The van der Waals surface area contributed by atoms with Gasteiger partial charge in [-0.25, -0.2) is 0 Å². The van der Waals surface area contributed by atoms with Gasteiger partial charge in [0.25, 0.3) is 0 Å². The van der Waals surface area contributed by atoms with E-state index in [1.165, 1.54) is 0 Å². The molecule has 0 bridgehead atoms. The first kappa shape index (κ1) is 14.2. The monoisotopic (exact) mass is 246 g/mol. The minimum Gasteiger partial charge on any atom is -0.395 e. The predicted molar refractivity (Wildman–Crippen MR) is 67.8 cm³/mol. The molecule has 1 heterocycles. The maximum atomic E-state index is 6.26. The Morgan fingerprint density at radius 1 is 1.31 bits per heavy atom. The van der Waals surface area contributed by atoms with Crippen LogP contribution in [0.3, 0.4) is 0 Å². The molecule has 1 rings (SSSR count). The van der Waals surface area contributed by atoms with E-state index in [9.17, 15) is 0 Å². The molecule has 2 unspecified atom stereocenters. The van der Waals surface area contributed by atoms with E-state index in [0.29, 0.717) is 0 Å². The topological polar surface area (TPSA) is 27.7 Å². The standard InChI is InChI=1S/C12H26O3Si/c1-6-12(9-13-10-12)11(4)15-16(5,8-3)14-7-2/h11H,6-10H2,1-5H3. The lowest BCUT2D eigenvalue weighted by molar-refractivity contribution is -0.166. The van der Waals surface area contributed by atoms with Gasteiger partial charge in [0.15, 0.2) is 0 Å². The second-order valence-corrected chi connectivity index (χ2v) is 8.39. The van der Waals surface area contributed by atoms with E-state index in [2.05, 4.69) is 27.3 Å². The molecular formula is C12H26O3Si. The van der Waals surface area contributed by atoms with Crippen molar-refractivity contribution in [3.63, 3.8) is 0 Å². The van der Waals surface area contributed by atoms with E-state index in [4.69, 9.17) is 13.6 Å². The Hall–Kier alpha value is 0.0969. The summed E-state index contributed by atoms with van der Waals surface area (Å²) in [4.78, 5) is 0. The van der Waals surface area contributed by atoms with E-state index in [1.54, 1.807) is 0 Å². The Labute approximate surface area is 101 Å². The van der Waals surface area contributed by atoms with E-state index in [1.807, 2.05) is 6.92 Å². The van der Waals surface area contributed by atoms with Gasteiger partial charge >= 0.3 is 8.56 Å². The van der Waals surface area contributed by atoms with E-state index < -0.39 is 8.56 Å². The predicted octanol–water partition coefficient (Wildman–Crippen LogP) is 2.95. The van der Waals surface area contributed by atoms with Gasteiger partial charge in [-0.05, 0) is 32.9 Å². The van der Waals surface area contributed by atoms with Crippen LogP contribution >= 0.6 is 0 Å². The fourth-order valence-corrected chi connectivity index (χ4v) is 4.16. The summed E-state index contributed by atoms with van der Waals surface area (Å²) < 4.78 is 17.4. The molecule has 1 fully saturated rings. The Kier molecular flexibility index (Phi) is 4.98. The summed E-state index contributed by atoms with van der Waals surface area (Å²) in [6.45, 7) is 13.2. The van der Waals surface area contributed by atoms with Crippen molar-refractivity contribution in [2.24, 2.45) is 5.41 Å². The molecule has 0 aliphatic carbocycles. The van der Waals surface area contributed by atoms with Crippen LogP contribution in [0.4, 0.5) is 0 Å². The summed E-state index contributed by atoms with van der Waals surface area (Å²) in [7, 11) is -1.95. The molecule has 0 aromatic heterocycles. The van der Waals surface area contributed by atoms with Gasteiger partial charge in [0.05, 0.1) is 19.3 Å². The number of hydrogen-bond acceptors (Lipinski definition) is 3. The van der Waals surface area contributed by atoms with Crippen molar-refractivity contribution in [1.82, 2.24) is 0 Å². The van der Waals surface area contributed by atoms with Gasteiger partial charge in [0.1, 0.15) is 0 Å². The van der Waals surface area contributed by atoms with Crippen LogP contribution in [0.1, 0.15) is 34.1 Å². The Balaban J connectivity index is 2.57. The zero-order chi connectivity index (χ0) is 12.2. The number of rotatable bonds is 7. The highest BCUT2D eigenvalue weighted by molar-refractivity contribution is 6.65. The largest absolute Gasteiger partial charge is 0.395 e. The molecule has 16 heavy (non-hydrogen) atoms. The first-order chi connectivity index (χ1) is 7.52. The van der Waals surface area contributed by atoms with Crippen LogP contribution in [0.15, 0.2) is 0 Å². The second kappa shape index (κ2) is 5.62. The molecule has 1 aliphatic heterocycles. The van der Waals surface area contributed by atoms with Crippen LogP contribution in [-0.4, -0.2) is 34.5 Å². The first-order valence-corrected chi connectivity index (χ1v) is 8.94. The molecule has 0 radical (unpaired) electrons. The van der Waals surface area contributed by atoms with E-state index in [-0.39, 0.29) is 11.5 Å². The molecule has 1 saturated heterocycles. The fraction of sp³-hybridized carbons (Fsp3) is 1.00. The van der Waals surface area contributed by atoms with Crippen LogP contribution in [0.5, 0.6) is 0 Å². The lowest BCUT2D eigenvalue weighted by Gasteiger charge is -2.47. The highest BCUT2D eigenvalue weighted by Gasteiger charge is 2.45. The summed E-state index contributed by atoms with van der Waals surface area (Å²) in [5.41, 5.74) is 0.237. The summed E-state index contributed by atoms with van der Waals surface area (Å²) in [6.07, 6.45) is 1.36. The van der Waals surface area contributed by atoms with E-state index >= 15 is 0 Å². The Bertz CT molecular complexity index is 213. The highest BCUT2D eigenvalue weighted by Crippen LogP contribution is 2.38. The van der Waals surface area contributed by atoms with Gasteiger partial charge < -0.3 is 13.6 Å². The fourth-order valence-electron chi connectivity index (χ4n) is 2.11. The summed E-state index contributed by atoms with van der Waals surface area (Å²) in [5.74, 6) is 0. The van der Waals surface area contributed by atoms with Crippen LogP contribution < -0.4 is 0 Å². The summed E-state index contributed by atoms with van der Waals surface area (Å²) in [6, 6.07) is 1.01.